The van der Waals surface area contributed by atoms with Crippen LogP contribution in [0.4, 0.5) is 0 Å². The Labute approximate surface area is 115 Å². The van der Waals surface area contributed by atoms with Gasteiger partial charge in [-0.2, -0.15) is 0 Å². The molecular formula is C16H24O3. The van der Waals surface area contributed by atoms with E-state index in [-0.39, 0.29) is 11.5 Å². The van der Waals surface area contributed by atoms with Gasteiger partial charge in [0.1, 0.15) is 6.10 Å². The zero-order valence-electron chi connectivity index (χ0n) is 12.1. The van der Waals surface area contributed by atoms with Crippen LogP contribution < -0.4 is 0 Å². The van der Waals surface area contributed by atoms with E-state index >= 15 is 0 Å². The van der Waals surface area contributed by atoms with Crippen molar-refractivity contribution in [1.82, 2.24) is 0 Å². The summed E-state index contributed by atoms with van der Waals surface area (Å²) in [4.78, 5) is 0. The van der Waals surface area contributed by atoms with Gasteiger partial charge in [-0.05, 0) is 16.5 Å². The van der Waals surface area contributed by atoms with Gasteiger partial charge in [0.15, 0.2) is 0 Å². The van der Waals surface area contributed by atoms with Gasteiger partial charge in [0.2, 0.25) is 0 Å². The van der Waals surface area contributed by atoms with Gasteiger partial charge in [-0.1, -0.05) is 45.0 Å². The summed E-state index contributed by atoms with van der Waals surface area (Å²) in [6, 6.07) is 8.46. The third kappa shape index (κ3) is 4.03. The predicted octanol–water partition coefficient (Wildman–Crippen LogP) is 2.30. The van der Waals surface area contributed by atoms with E-state index < -0.39 is 6.10 Å². The molecule has 1 N–H and O–H groups in total. The molecule has 106 valence electrons. The van der Waals surface area contributed by atoms with E-state index in [1.165, 1.54) is 5.56 Å². The quantitative estimate of drug-likeness (QED) is 0.910. The highest BCUT2D eigenvalue weighted by molar-refractivity contribution is 5.27. The molecule has 0 bridgehead atoms. The summed E-state index contributed by atoms with van der Waals surface area (Å²) in [5, 5.41) is 10.2. The van der Waals surface area contributed by atoms with Gasteiger partial charge in [0.05, 0.1) is 25.9 Å². The number of aliphatic hydroxyl groups is 1. The number of benzene rings is 1. The number of hydrogen-bond acceptors (Lipinski definition) is 3. The molecule has 3 nitrogen and oxygen atoms in total. The molecule has 2 atom stereocenters. The van der Waals surface area contributed by atoms with E-state index in [0.717, 1.165) is 5.56 Å². The zero-order valence-corrected chi connectivity index (χ0v) is 12.1. The molecule has 1 aromatic rings. The molecule has 1 saturated heterocycles. The smallest absolute Gasteiger partial charge is 0.107 e. The molecule has 1 heterocycles. The lowest BCUT2D eigenvalue weighted by Gasteiger charge is -2.27. The van der Waals surface area contributed by atoms with Crippen LogP contribution in [0.15, 0.2) is 24.3 Å². The lowest BCUT2D eigenvalue weighted by Crippen LogP contribution is -2.39. The van der Waals surface area contributed by atoms with Gasteiger partial charge in [0, 0.05) is 6.42 Å². The molecule has 2 unspecified atom stereocenters. The highest BCUT2D eigenvalue weighted by Gasteiger charge is 2.23. The van der Waals surface area contributed by atoms with E-state index in [1.807, 2.05) is 0 Å². The Balaban J connectivity index is 1.95. The van der Waals surface area contributed by atoms with E-state index in [2.05, 4.69) is 45.0 Å². The number of rotatable bonds is 3. The first kappa shape index (κ1) is 14.5. The summed E-state index contributed by atoms with van der Waals surface area (Å²) in [5.74, 6) is 0. The summed E-state index contributed by atoms with van der Waals surface area (Å²) in [5.41, 5.74) is 2.61. The second-order valence-corrected chi connectivity index (χ2v) is 6.20. The average Bonchev–Trinajstić information content (AvgIpc) is 2.39. The molecular weight excluding hydrogens is 240 g/mol. The predicted molar refractivity (Wildman–Crippen MR) is 75.4 cm³/mol. The van der Waals surface area contributed by atoms with Crippen LogP contribution in [0.3, 0.4) is 0 Å². The molecule has 1 aromatic carbocycles. The van der Waals surface area contributed by atoms with Crippen molar-refractivity contribution in [3.63, 3.8) is 0 Å². The maximum absolute atomic E-state index is 10.2. The third-order valence-corrected chi connectivity index (χ3v) is 3.54. The zero-order chi connectivity index (χ0) is 13.9. The Morgan fingerprint density at radius 3 is 2.42 bits per heavy atom. The van der Waals surface area contributed by atoms with E-state index in [1.54, 1.807) is 0 Å². The van der Waals surface area contributed by atoms with Crippen molar-refractivity contribution in [2.75, 3.05) is 19.8 Å². The minimum atomic E-state index is -0.499. The van der Waals surface area contributed by atoms with Crippen LogP contribution in [-0.4, -0.2) is 37.1 Å². The lowest BCUT2D eigenvalue weighted by molar-refractivity contribution is -0.131. The maximum Gasteiger partial charge on any atom is 0.107 e. The Morgan fingerprint density at radius 1 is 1.21 bits per heavy atom. The maximum atomic E-state index is 10.2. The first-order valence-electron chi connectivity index (χ1n) is 6.93. The van der Waals surface area contributed by atoms with Gasteiger partial charge in [-0.3, -0.25) is 0 Å². The van der Waals surface area contributed by atoms with Crippen molar-refractivity contribution in [2.24, 2.45) is 0 Å². The van der Waals surface area contributed by atoms with E-state index in [9.17, 15) is 5.11 Å². The van der Waals surface area contributed by atoms with Crippen LogP contribution in [0.1, 0.15) is 31.9 Å². The largest absolute Gasteiger partial charge is 0.390 e. The van der Waals surface area contributed by atoms with Gasteiger partial charge in [-0.15, -0.1) is 0 Å². The second kappa shape index (κ2) is 6.04. The summed E-state index contributed by atoms with van der Waals surface area (Å²) < 4.78 is 10.8. The molecule has 0 amide bonds. The van der Waals surface area contributed by atoms with Gasteiger partial charge in [-0.25, -0.2) is 0 Å². The number of aliphatic hydroxyl groups excluding tert-OH is 1. The molecule has 0 spiro atoms. The molecule has 1 fully saturated rings. The molecule has 0 aliphatic carbocycles. The number of ether oxygens (including phenoxy) is 2. The average molecular weight is 264 g/mol. The van der Waals surface area contributed by atoms with Crippen LogP contribution >= 0.6 is 0 Å². The highest BCUT2D eigenvalue weighted by Crippen LogP contribution is 2.22. The van der Waals surface area contributed by atoms with Gasteiger partial charge in [0.25, 0.3) is 0 Å². The fourth-order valence-corrected chi connectivity index (χ4v) is 2.24. The third-order valence-electron chi connectivity index (χ3n) is 3.54. The van der Waals surface area contributed by atoms with Crippen molar-refractivity contribution in [3.8, 4) is 0 Å². The van der Waals surface area contributed by atoms with Crippen LogP contribution in [0.25, 0.3) is 0 Å². The second-order valence-electron chi connectivity index (χ2n) is 6.20. The van der Waals surface area contributed by atoms with Gasteiger partial charge < -0.3 is 14.6 Å². The minimum Gasteiger partial charge on any atom is -0.390 e. The standard InChI is InChI=1S/C16H24O3/c1-16(2,3)13-6-4-12(5-7-13)10-14(17)15-11-18-8-9-19-15/h4-7,14-15,17H,8-11H2,1-3H3. The SMILES string of the molecule is CC(C)(C)c1ccc(CC(O)C2COCCO2)cc1. The molecule has 0 saturated carbocycles. The summed E-state index contributed by atoms with van der Waals surface area (Å²) in [6.07, 6.45) is -0.0878. The normalized spacial score (nSPS) is 22.2. The van der Waals surface area contributed by atoms with Crippen molar-refractivity contribution >= 4 is 0 Å². The van der Waals surface area contributed by atoms with Crippen LogP contribution in [0.5, 0.6) is 0 Å². The molecule has 0 radical (unpaired) electrons. The Morgan fingerprint density at radius 2 is 1.89 bits per heavy atom. The summed E-state index contributed by atoms with van der Waals surface area (Å²) in [7, 11) is 0. The monoisotopic (exact) mass is 264 g/mol. The van der Waals surface area contributed by atoms with Crippen molar-refractivity contribution in [1.29, 1.82) is 0 Å². The van der Waals surface area contributed by atoms with Crippen molar-refractivity contribution in [2.45, 2.75) is 44.8 Å². The first-order valence-corrected chi connectivity index (χ1v) is 6.93. The first-order chi connectivity index (χ1) is 8.97. The van der Waals surface area contributed by atoms with E-state index in [4.69, 9.17) is 9.47 Å². The highest BCUT2D eigenvalue weighted by atomic mass is 16.6. The van der Waals surface area contributed by atoms with E-state index in [0.29, 0.717) is 26.2 Å². The molecule has 1 aliphatic heterocycles. The summed E-state index contributed by atoms with van der Waals surface area (Å²) in [6.45, 7) is 8.29. The Bertz CT molecular complexity index is 385. The molecule has 2 rings (SSSR count). The van der Waals surface area contributed by atoms with Crippen molar-refractivity contribution in [3.05, 3.63) is 35.4 Å². The molecule has 0 aromatic heterocycles. The van der Waals surface area contributed by atoms with Crippen LogP contribution in [0.2, 0.25) is 0 Å². The van der Waals surface area contributed by atoms with Crippen LogP contribution in [-0.2, 0) is 21.3 Å². The lowest BCUT2D eigenvalue weighted by atomic mass is 9.86. The fourth-order valence-electron chi connectivity index (χ4n) is 2.24. The summed E-state index contributed by atoms with van der Waals surface area (Å²) >= 11 is 0. The Kier molecular flexibility index (Phi) is 4.61. The molecule has 3 heteroatoms. The fraction of sp³-hybridized carbons (Fsp3) is 0.625. The molecule has 19 heavy (non-hydrogen) atoms. The topological polar surface area (TPSA) is 38.7 Å². The molecule has 1 aliphatic rings. The Hall–Kier alpha value is -0.900. The van der Waals surface area contributed by atoms with Crippen LogP contribution in [0, 0.1) is 0 Å². The van der Waals surface area contributed by atoms with Crippen molar-refractivity contribution < 1.29 is 14.6 Å². The minimum absolute atomic E-state index is 0.164. The van der Waals surface area contributed by atoms with Gasteiger partial charge >= 0.3 is 0 Å². The number of hydrogen-bond donors (Lipinski definition) is 1.